The number of aromatic nitrogens is 1. The molecule has 3 heterocycles. The average Bonchev–Trinajstić information content (AvgIpc) is 3.37. The van der Waals surface area contributed by atoms with Crippen molar-refractivity contribution in [1.82, 2.24) is 9.88 Å². The first kappa shape index (κ1) is 22.5. The Bertz CT molecular complexity index is 1230. The highest BCUT2D eigenvalue weighted by atomic mass is 32.1. The number of carbonyl (C=O) groups is 1. The second-order valence-corrected chi connectivity index (χ2v) is 10.3. The van der Waals surface area contributed by atoms with Crippen LogP contribution in [0.2, 0.25) is 0 Å². The summed E-state index contributed by atoms with van der Waals surface area (Å²) >= 11 is 1.62. The van der Waals surface area contributed by atoms with E-state index in [4.69, 9.17) is 23.9 Å². The smallest absolute Gasteiger partial charge is 0.231 e. The van der Waals surface area contributed by atoms with Crippen LogP contribution in [0.15, 0.2) is 48.7 Å². The second-order valence-electron chi connectivity index (χ2n) is 9.20. The number of ketones is 1. The summed E-state index contributed by atoms with van der Waals surface area (Å²) < 4.78 is 22.3. The monoisotopic (exact) mass is 492 g/mol. The number of ether oxygens (including phenoxy) is 4. The molecule has 2 aliphatic heterocycles. The molecule has 2 aromatic carbocycles. The average molecular weight is 493 g/mol. The molecule has 1 atom stereocenters. The molecule has 0 spiro atoms. The number of Topliss-reactive ketones (excluding diaryl/α,β-unsaturated/α-hetero) is 1. The number of rotatable bonds is 8. The van der Waals surface area contributed by atoms with Crippen LogP contribution >= 0.6 is 11.3 Å². The SMILES string of the molecule is COc1ccccc1C(c1cnc(CC(=O)C2(c3ccc4c(c3)OCO4)CC2)s1)N1CCOCC1. The van der Waals surface area contributed by atoms with Crippen molar-refractivity contribution < 1.29 is 23.7 Å². The number of hydrogen-bond donors (Lipinski definition) is 0. The molecule has 0 N–H and O–H groups in total. The van der Waals surface area contributed by atoms with Gasteiger partial charge in [-0.1, -0.05) is 24.3 Å². The first-order valence-electron chi connectivity index (χ1n) is 12.0. The number of hydrogen-bond acceptors (Lipinski definition) is 8. The maximum Gasteiger partial charge on any atom is 0.231 e. The molecule has 1 saturated heterocycles. The van der Waals surface area contributed by atoms with E-state index in [0.717, 1.165) is 64.2 Å². The molecule has 1 aromatic heterocycles. The van der Waals surface area contributed by atoms with Gasteiger partial charge in [-0.25, -0.2) is 4.98 Å². The van der Waals surface area contributed by atoms with Gasteiger partial charge in [0.2, 0.25) is 6.79 Å². The zero-order valence-corrected chi connectivity index (χ0v) is 20.5. The number of benzene rings is 2. The van der Waals surface area contributed by atoms with Crippen LogP contribution in [0.5, 0.6) is 17.2 Å². The molecule has 8 heteroatoms. The number of thiazole rings is 1. The van der Waals surface area contributed by atoms with Crippen LogP contribution < -0.4 is 14.2 Å². The van der Waals surface area contributed by atoms with Crippen LogP contribution in [-0.4, -0.2) is 55.9 Å². The second kappa shape index (κ2) is 9.26. The third-order valence-electron chi connectivity index (χ3n) is 7.21. The highest BCUT2D eigenvalue weighted by Gasteiger charge is 2.51. The van der Waals surface area contributed by atoms with Gasteiger partial charge in [-0.15, -0.1) is 11.3 Å². The van der Waals surface area contributed by atoms with Crippen LogP contribution in [-0.2, 0) is 21.4 Å². The lowest BCUT2D eigenvalue weighted by atomic mass is 9.89. The summed E-state index contributed by atoms with van der Waals surface area (Å²) in [4.78, 5) is 21.7. The van der Waals surface area contributed by atoms with Gasteiger partial charge in [-0.2, -0.15) is 0 Å². The molecule has 35 heavy (non-hydrogen) atoms. The van der Waals surface area contributed by atoms with Crippen molar-refractivity contribution in [2.24, 2.45) is 0 Å². The van der Waals surface area contributed by atoms with Crippen LogP contribution in [0.1, 0.15) is 39.9 Å². The lowest BCUT2D eigenvalue weighted by molar-refractivity contribution is -0.120. The maximum atomic E-state index is 13.5. The lowest BCUT2D eigenvalue weighted by Crippen LogP contribution is -2.39. The topological polar surface area (TPSA) is 70.1 Å². The first-order valence-corrected chi connectivity index (χ1v) is 12.8. The number of nitrogens with zero attached hydrogens (tertiary/aromatic N) is 2. The Morgan fingerprint density at radius 1 is 1.14 bits per heavy atom. The molecule has 3 aromatic rings. The molecule has 0 amide bonds. The van der Waals surface area contributed by atoms with E-state index in [1.54, 1.807) is 18.4 Å². The molecule has 3 aliphatic rings. The summed E-state index contributed by atoms with van der Waals surface area (Å²) in [5, 5.41) is 0.852. The highest BCUT2D eigenvalue weighted by Crippen LogP contribution is 2.51. The highest BCUT2D eigenvalue weighted by molar-refractivity contribution is 7.11. The zero-order valence-electron chi connectivity index (χ0n) is 19.7. The van der Waals surface area contributed by atoms with E-state index in [1.165, 1.54) is 0 Å². The number of fused-ring (bicyclic) bond motifs is 1. The normalized spacial score (nSPS) is 19.3. The molecule has 0 radical (unpaired) electrons. The third-order valence-corrected chi connectivity index (χ3v) is 8.26. The minimum Gasteiger partial charge on any atom is -0.496 e. The molecule has 7 nitrogen and oxygen atoms in total. The molecule has 182 valence electrons. The Morgan fingerprint density at radius 2 is 1.94 bits per heavy atom. The van der Waals surface area contributed by atoms with E-state index in [2.05, 4.69) is 11.0 Å². The van der Waals surface area contributed by atoms with Gasteiger partial charge < -0.3 is 18.9 Å². The van der Waals surface area contributed by atoms with Gasteiger partial charge >= 0.3 is 0 Å². The standard InChI is InChI=1S/C27H28N2O5S/c1-31-20-5-3-2-4-19(20)26(29-10-12-32-13-11-29)23-16-28-25(35-23)15-24(30)27(8-9-27)18-6-7-21-22(14-18)34-17-33-21/h2-7,14,16,26H,8-13,15,17H2,1H3. The lowest BCUT2D eigenvalue weighted by Gasteiger charge is -2.34. The Labute approximate surface area is 208 Å². The van der Waals surface area contributed by atoms with Crippen molar-refractivity contribution in [3.8, 4) is 17.2 Å². The molecular formula is C27H28N2O5S. The van der Waals surface area contributed by atoms with E-state index >= 15 is 0 Å². The van der Waals surface area contributed by atoms with Crippen molar-refractivity contribution in [3.05, 3.63) is 69.7 Å². The minimum absolute atomic E-state index is 0.0140. The van der Waals surface area contributed by atoms with Crippen LogP contribution in [0.25, 0.3) is 0 Å². The van der Waals surface area contributed by atoms with Gasteiger partial charge in [0.15, 0.2) is 11.5 Å². The van der Waals surface area contributed by atoms with Gasteiger partial charge in [0.25, 0.3) is 0 Å². The van der Waals surface area contributed by atoms with Crippen molar-refractivity contribution in [2.45, 2.75) is 30.7 Å². The van der Waals surface area contributed by atoms with Gasteiger partial charge in [0, 0.05) is 29.7 Å². The van der Waals surface area contributed by atoms with Gasteiger partial charge in [-0.05, 0) is 36.6 Å². The third kappa shape index (κ3) is 4.20. The van der Waals surface area contributed by atoms with Gasteiger partial charge in [0.05, 0.1) is 38.2 Å². The van der Waals surface area contributed by atoms with E-state index in [1.807, 2.05) is 42.6 Å². The van der Waals surface area contributed by atoms with Crippen LogP contribution in [0, 0.1) is 0 Å². The summed E-state index contributed by atoms with van der Waals surface area (Å²) in [6.45, 7) is 3.31. The van der Waals surface area contributed by atoms with E-state index in [9.17, 15) is 4.79 Å². The zero-order chi connectivity index (χ0) is 23.8. The molecule has 1 unspecified atom stereocenters. The summed E-state index contributed by atoms with van der Waals surface area (Å²) in [5.74, 6) is 2.54. The molecule has 1 aliphatic carbocycles. The van der Waals surface area contributed by atoms with Crippen LogP contribution in [0.4, 0.5) is 0 Å². The number of para-hydroxylation sites is 1. The molecule has 2 fully saturated rings. The summed E-state index contributed by atoms with van der Waals surface area (Å²) in [6, 6.07) is 14.0. The van der Waals surface area contributed by atoms with Crippen molar-refractivity contribution in [1.29, 1.82) is 0 Å². The largest absolute Gasteiger partial charge is 0.496 e. The van der Waals surface area contributed by atoms with Crippen molar-refractivity contribution in [3.63, 3.8) is 0 Å². The first-order chi connectivity index (χ1) is 17.2. The van der Waals surface area contributed by atoms with Crippen LogP contribution in [0.3, 0.4) is 0 Å². The quantitative estimate of drug-likeness (QED) is 0.468. The maximum absolute atomic E-state index is 13.5. The predicted molar refractivity (Wildman–Crippen MR) is 132 cm³/mol. The Hall–Kier alpha value is -2.94. The molecule has 1 saturated carbocycles. The Kier molecular flexibility index (Phi) is 5.96. The number of morpholine rings is 1. The number of methoxy groups -OCH3 is 1. The van der Waals surface area contributed by atoms with Crippen molar-refractivity contribution in [2.75, 3.05) is 40.2 Å². The van der Waals surface area contributed by atoms with E-state index in [0.29, 0.717) is 19.6 Å². The molecule has 6 rings (SSSR count). The number of carbonyl (C=O) groups excluding carboxylic acids is 1. The van der Waals surface area contributed by atoms with Crippen molar-refractivity contribution >= 4 is 17.1 Å². The fraction of sp³-hybridized carbons (Fsp3) is 0.407. The fourth-order valence-corrected chi connectivity index (χ4v) is 6.22. The molecular weight excluding hydrogens is 464 g/mol. The summed E-state index contributed by atoms with van der Waals surface area (Å²) in [7, 11) is 1.71. The Morgan fingerprint density at radius 3 is 2.74 bits per heavy atom. The van der Waals surface area contributed by atoms with Gasteiger partial charge in [0.1, 0.15) is 16.5 Å². The Balaban J connectivity index is 1.25. The van der Waals surface area contributed by atoms with E-state index in [-0.39, 0.29) is 18.6 Å². The summed E-state index contributed by atoms with van der Waals surface area (Å²) in [6.07, 6.45) is 3.99. The predicted octanol–water partition coefficient (Wildman–Crippen LogP) is 4.15. The summed E-state index contributed by atoms with van der Waals surface area (Å²) in [5.41, 5.74) is 1.69. The molecule has 0 bridgehead atoms. The minimum atomic E-state index is -0.431. The van der Waals surface area contributed by atoms with Gasteiger partial charge in [-0.3, -0.25) is 9.69 Å². The van der Waals surface area contributed by atoms with E-state index < -0.39 is 5.41 Å². The fourth-order valence-electron chi connectivity index (χ4n) is 5.14.